The quantitative estimate of drug-likeness (QED) is 0.759. The molecule has 1 aromatic heterocycles. The van der Waals surface area contributed by atoms with E-state index in [1.54, 1.807) is 18.3 Å². The summed E-state index contributed by atoms with van der Waals surface area (Å²) in [5.74, 6) is 0.870. The minimum Gasteiger partial charge on any atom is -0.485 e. The van der Waals surface area contributed by atoms with Gasteiger partial charge >= 0.3 is 0 Å². The van der Waals surface area contributed by atoms with Gasteiger partial charge in [0, 0.05) is 22.2 Å². The number of hydrogen-bond acceptors (Lipinski definition) is 3. The molecule has 0 N–H and O–H groups in total. The predicted molar refractivity (Wildman–Crippen MR) is 72.5 cm³/mol. The molecule has 1 heterocycles. The molecule has 0 aliphatic rings. The molecule has 90 valence electrons. The van der Waals surface area contributed by atoms with Gasteiger partial charge in [-0.05, 0) is 12.1 Å². The van der Waals surface area contributed by atoms with Crippen LogP contribution in [0.25, 0.3) is 0 Å². The fourth-order valence-electron chi connectivity index (χ4n) is 1.33. The molecular formula is C11H8Cl3NOS. The van der Waals surface area contributed by atoms with Crippen LogP contribution in [0.1, 0.15) is 10.6 Å². The van der Waals surface area contributed by atoms with Gasteiger partial charge in [-0.2, -0.15) is 0 Å². The lowest BCUT2D eigenvalue weighted by atomic mass is 10.2. The first kappa shape index (κ1) is 13.0. The molecule has 6 heteroatoms. The molecular weight excluding hydrogens is 301 g/mol. The van der Waals surface area contributed by atoms with Crippen LogP contribution in [0.4, 0.5) is 0 Å². The van der Waals surface area contributed by atoms with Crippen molar-refractivity contribution >= 4 is 46.1 Å². The Balaban J connectivity index is 2.19. The highest BCUT2D eigenvalue weighted by Crippen LogP contribution is 2.34. The molecule has 0 spiro atoms. The monoisotopic (exact) mass is 307 g/mol. The lowest BCUT2D eigenvalue weighted by Gasteiger charge is -2.11. The van der Waals surface area contributed by atoms with Crippen LogP contribution < -0.4 is 4.74 Å². The van der Waals surface area contributed by atoms with E-state index in [9.17, 15) is 0 Å². The minimum atomic E-state index is 0.299. The van der Waals surface area contributed by atoms with E-state index in [-0.39, 0.29) is 0 Å². The Morgan fingerprint density at radius 3 is 2.76 bits per heavy atom. The topological polar surface area (TPSA) is 22.1 Å². The van der Waals surface area contributed by atoms with Gasteiger partial charge in [-0.15, -0.1) is 22.9 Å². The number of alkyl halides is 1. The van der Waals surface area contributed by atoms with Crippen LogP contribution in [0.5, 0.6) is 5.75 Å². The number of hydrogen-bond donors (Lipinski definition) is 0. The van der Waals surface area contributed by atoms with E-state index in [1.165, 1.54) is 11.3 Å². The molecule has 0 unspecified atom stereocenters. The van der Waals surface area contributed by atoms with E-state index in [2.05, 4.69) is 4.98 Å². The van der Waals surface area contributed by atoms with Crippen molar-refractivity contribution in [1.82, 2.24) is 4.98 Å². The zero-order chi connectivity index (χ0) is 12.3. The third-order valence-electron chi connectivity index (χ3n) is 2.05. The molecule has 0 aliphatic carbocycles. The molecule has 2 nitrogen and oxygen atoms in total. The third-order valence-corrected chi connectivity index (χ3v) is 3.59. The van der Waals surface area contributed by atoms with E-state index < -0.39 is 0 Å². The summed E-state index contributed by atoms with van der Waals surface area (Å²) >= 11 is 19.3. The van der Waals surface area contributed by atoms with Gasteiger partial charge < -0.3 is 4.74 Å². The van der Waals surface area contributed by atoms with Gasteiger partial charge in [-0.3, -0.25) is 0 Å². The van der Waals surface area contributed by atoms with Crippen molar-refractivity contribution in [3.63, 3.8) is 0 Å². The van der Waals surface area contributed by atoms with Gasteiger partial charge in [-0.25, -0.2) is 4.98 Å². The second-order valence-electron chi connectivity index (χ2n) is 3.22. The molecule has 2 rings (SSSR count). The summed E-state index contributed by atoms with van der Waals surface area (Å²) in [5, 5.41) is 3.79. The average Bonchev–Trinajstić information content (AvgIpc) is 2.79. The maximum atomic E-state index is 6.07. The summed E-state index contributed by atoms with van der Waals surface area (Å²) in [6.07, 6.45) is 1.73. The lowest BCUT2D eigenvalue weighted by Crippen LogP contribution is -1.98. The highest BCUT2D eigenvalue weighted by molar-refractivity contribution is 7.09. The Bertz CT molecular complexity index is 502. The standard InChI is InChI=1S/C11H8Cl3NOS/c12-5-7-3-8(13)4-9(14)11(7)16-6-10-15-1-2-17-10/h1-4H,5-6H2. The van der Waals surface area contributed by atoms with E-state index in [0.29, 0.717) is 28.3 Å². The SMILES string of the molecule is ClCc1cc(Cl)cc(Cl)c1OCc1nccs1. The van der Waals surface area contributed by atoms with Crippen LogP contribution in [0.2, 0.25) is 10.0 Å². The first-order chi connectivity index (χ1) is 8.20. The first-order valence-corrected chi connectivity index (χ1v) is 6.92. The molecule has 0 bridgehead atoms. The average molecular weight is 309 g/mol. The summed E-state index contributed by atoms with van der Waals surface area (Å²) in [6, 6.07) is 3.38. The molecule has 0 saturated carbocycles. The summed E-state index contributed by atoms with van der Waals surface area (Å²) in [5.41, 5.74) is 0.778. The number of thiazole rings is 1. The Morgan fingerprint density at radius 1 is 1.29 bits per heavy atom. The molecule has 2 aromatic rings. The fourth-order valence-corrected chi connectivity index (χ4v) is 2.65. The normalized spacial score (nSPS) is 10.5. The van der Waals surface area contributed by atoms with Crippen LogP contribution in [0.3, 0.4) is 0 Å². The smallest absolute Gasteiger partial charge is 0.143 e. The minimum absolute atomic E-state index is 0.299. The van der Waals surface area contributed by atoms with Crippen molar-refractivity contribution in [2.75, 3.05) is 0 Å². The summed E-state index contributed by atoms with van der Waals surface area (Å²) in [4.78, 5) is 4.13. The van der Waals surface area contributed by atoms with Crippen LogP contribution in [-0.2, 0) is 12.5 Å². The zero-order valence-corrected chi connectivity index (χ0v) is 11.7. The van der Waals surface area contributed by atoms with Crippen LogP contribution in [0, 0.1) is 0 Å². The van der Waals surface area contributed by atoms with Crippen molar-refractivity contribution in [2.45, 2.75) is 12.5 Å². The van der Waals surface area contributed by atoms with Crippen molar-refractivity contribution in [1.29, 1.82) is 0 Å². The summed E-state index contributed by atoms with van der Waals surface area (Å²) in [7, 11) is 0. The molecule has 0 atom stereocenters. The molecule has 0 aliphatic heterocycles. The van der Waals surface area contributed by atoms with Crippen molar-refractivity contribution < 1.29 is 4.74 Å². The van der Waals surface area contributed by atoms with Crippen LogP contribution in [0.15, 0.2) is 23.7 Å². The Kier molecular flexibility index (Phi) is 4.51. The van der Waals surface area contributed by atoms with E-state index in [4.69, 9.17) is 39.5 Å². The van der Waals surface area contributed by atoms with Crippen molar-refractivity contribution in [3.8, 4) is 5.75 Å². The Labute approximate surface area is 118 Å². The number of ether oxygens (including phenoxy) is 1. The largest absolute Gasteiger partial charge is 0.485 e. The van der Waals surface area contributed by atoms with E-state index >= 15 is 0 Å². The molecule has 0 fully saturated rings. The van der Waals surface area contributed by atoms with Crippen molar-refractivity contribution in [3.05, 3.63) is 44.3 Å². The van der Waals surface area contributed by atoms with E-state index in [1.807, 2.05) is 5.38 Å². The first-order valence-electron chi connectivity index (χ1n) is 4.75. The molecule has 0 radical (unpaired) electrons. The highest BCUT2D eigenvalue weighted by atomic mass is 35.5. The van der Waals surface area contributed by atoms with Crippen LogP contribution >= 0.6 is 46.1 Å². The van der Waals surface area contributed by atoms with Gasteiger partial charge in [0.15, 0.2) is 0 Å². The maximum Gasteiger partial charge on any atom is 0.143 e. The van der Waals surface area contributed by atoms with Gasteiger partial charge in [-0.1, -0.05) is 23.2 Å². The maximum absolute atomic E-state index is 6.07. The van der Waals surface area contributed by atoms with Gasteiger partial charge in [0.2, 0.25) is 0 Å². The van der Waals surface area contributed by atoms with Gasteiger partial charge in [0.05, 0.1) is 10.9 Å². The fraction of sp³-hybridized carbons (Fsp3) is 0.182. The summed E-state index contributed by atoms with van der Waals surface area (Å²) < 4.78 is 5.63. The third kappa shape index (κ3) is 3.26. The molecule has 1 aromatic carbocycles. The number of benzene rings is 1. The second-order valence-corrected chi connectivity index (χ2v) is 5.31. The van der Waals surface area contributed by atoms with Crippen LogP contribution in [-0.4, -0.2) is 4.98 Å². The van der Waals surface area contributed by atoms with Gasteiger partial charge in [0.1, 0.15) is 17.4 Å². The zero-order valence-electron chi connectivity index (χ0n) is 8.62. The number of rotatable bonds is 4. The molecule has 0 amide bonds. The number of nitrogens with zero attached hydrogens (tertiary/aromatic N) is 1. The summed E-state index contributed by atoms with van der Waals surface area (Å²) in [6.45, 7) is 0.378. The lowest BCUT2D eigenvalue weighted by molar-refractivity contribution is 0.303. The van der Waals surface area contributed by atoms with E-state index in [0.717, 1.165) is 10.6 Å². The highest BCUT2D eigenvalue weighted by Gasteiger charge is 2.10. The Hall–Kier alpha value is -0.480. The second kappa shape index (κ2) is 5.91. The number of aromatic nitrogens is 1. The van der Waals surface area contributed by atoms with Gasteiger partial charge in [0.25, 0.3) is 0 Å². The molecule has 0 saturated heterocycles. The molecule has 17 heavy (non-hydrogen) atoms. The van der Waals surface area contributed by atoms with Crippen molar-refractivity contribution in [2.24, 2.45) is 0 Å². The predicted octanol–water partition coefficient (Wildman–Crippen LogP) is 4.77. The number of halogens is 3. The Morgan fingerprint density at radius 2 is 2.12 bits per heavy atom.